The van der Waals surface area contributed by atoms with E-state index in [9.17, 15) is 4.79 Å². The summed E-state index contributed by atoms with van der Waals surface area (Å²) >= 11 is 0. The number of hydrogen-bond donors (Lipinski definition) is 1. The summed E-state index contributed by atoms with van der Waals surface area (Å²) in [5, 5.41) is 2.93. The molecule has 0 atom stereocenters. The van der Waals surface area contributed by atoms with E-state index in [-0.39, 0.29) is 6.03 Å². The number of rotatable bonds is 1. The Hall–Kier alpha value is -2.43. The van der Waals surface area contributed by atoms with Crippen LogP contribution in [0.15, 0.2) is 36.8 Å². The molecule has 5 nitrogen and oxygen atoms in total. The highest BCUT2D eigenvalue weighted by Gasteiger charge is 2.21. The smallest absolute Gasteiger partial charge is 0.320 e. The average Bonchev–Trinajstić information content (AvgIpc) is 2.47. The normalized spacial score (nSPS) is 13.8. The summed E-state index contributed by atoms with van der Waals surface area (Å²) < 4.78 is 0. The molecule has 1 aromatic carbocycles. The van der Waals surface area contributed by atoms with Gasteiger partial charge in [0.25, 0.3) is 0 Å². The second-order valence-electron chi connectivity index (χ2n) is 4.97. The van der Waals surface area contributed by atoms with Crippen LogP contribution in [0.2, 0.25) is 0 Å². The molecule has 0 spiro atoms. The summed E-state index contributed by atoms with van der Waals surface area (Å²) in [6.07, 6.45) is 4.12. The molecule has 0 saturated carbocycles. The minimum atomic E-state index is -0.0786. The van der Waals surface area contributed by atoms with Crippen molar-refractivity contribution in [2.45, 2.75) is 19.9 Å². The first-order chi connectivity index (χ1) is 9.72. The zero-order valence-electron chi connectivity index (χ0n) is 11.3. The maximum atomic E-state index is 12.3. The van der Waals surface area contributed by atoms with Crippen molar-refractivity contribution in [2.75, 3.05) is 11.9 Å². The molecule has 2 heterocycles. The van der Waals surface area contributed by atoms with Crippen molar-refractivity contribution in [3.05, 3.63) is 53.6 Å². The molecule has 5 heteroatoms. The van der Waals surface area contributed by atoms with Gasteiger partial charge in [-0.2, -0.15) is 0 Å². The quantitative estimate of drug-likeness (QED) is 0.863. The Balaban J connectivity index is 1.70. The second-order valence-corrected chi connectivity index (χ2v) is 4.97. The fourth-order valence-corrected chi connectivity index (χ4v) is 2.37. The van der Waals surface area contributed by atoms with Gasteiger partial charge in [0.1, 0.15) is 6.33 Å². The van der Waals surface area contributed by atoms with Crippen molar-refractivity contribution in [3.8, 4) is 0 Å². The first-order valence-electron chi connectivity index (χ1n) is 6.63. The zero-order chi connectivity index (χ0) is 13.9. The van der Waals surface area contributed by atoms with E-state index < -0.39 is 0 Å². The van der Waals surface area contributed by atoms with E-state index in [0.717, 1.165) is 28.9 Å². The van der Waals surface area contributed by atoms with Gasteiger partial charge in [-0.15, -0.1) is 0 Å². The molecule has 20 heavy (non-hydrogen) atoms. The molecule has 1 aromatic heterocycles. The highest BCUT2D eigenvalue weighted by molar-refractivity contribution is 5.89. The SMILES string of the molecule is Cc1cccc(NC(=O)N2CCc3ncncc3C2)c1. The third-order valence-electron chi connectivity index (χ3n) is 3.42. The van der Waals surface area contributed by atoms with Gasteiger partial charge in [0, 0.05) is 30.4 Å². The Labute approximate surface area is 117 Å². The fraction of sp³-hybridized carbons (Fsp3) is 0.267. The summed E-state index contributed by atoms with van der Waals surface area (Å²) in [6, 6.07) is 7.71. The first-order valence-corrected chi connectivity index (χ1v) is 6.63. The van der Waals surface area contributed by atoms with Crippen LogP contribution in [0.5, 0.6) is 0 Å². The number of carbonyl (C=O) groups is 1. The van der Waals surface area contributed by atoms with Gasteiger partial charge in [-0.05, 0) is 24.6 Å². The molecule has 0 saturated heterocycles. The molecular weight excluding hydrogens is 252 g/mol. The Morgan fingerprint density at radius 3 is 3.15 bits per heavy atom. The number of carbonyl (C=O) groups excluding carboxylic acids is 1. The van der Waals surface area contributed by atoms with Crippen LogP contribution in [0.1, 0.15) is 16.8 Å². The fourth-order valence-electron chi connectivity index (χ4n) is 2.37. The van der Waals surface area contributed by atoms with E-state index in [0.29, 0.717) is 13.1 Å². The highest BCUT2D eigenvalue weighted by atomic mass is 16.2. The van der Waals surface area contributed by atoms with Gasteiger partial charge in [0.15, 0.2) is 0 Å². The van der Waals surface area contributed by atoms with Crippen LogP contribution in [0.4, 0.5) is 10.5 Å². The van der Waals surface area contributed by atoms with Crippen LogP contribution in [-0.2, 0) is 13.0 Å². The van der Waals surface area contributed by atoms with Gasteiger partial charge in [-0.1, -0.05) is 12.1 Å². The van der Waals surface area contributed by atoms with Gasteiger partial charge in [0.2, 0.25) is 0 Å². The van der Waals surface area contributed by atoms with Crippen LogP contribution >= 0.6 is 0 Å². The third-order valence-corrected chi connectivity index (χ3v) is 3.42. The topological polar surface area (TPSA) is 58.1 Å². The molecular formula is C15H16N4O. The Morgan fingerprint density at radius 2 is 2.30 bits per heavy atom. The summed E-state index contributed by atoms with van der Waals surface area (Å²) in [5.74, 6) is 0. The van der Waals surface area contributed by atoms with Crippen LogP contribution in [0, 0.1) is 6.92 Å². The number of amides is 2. The number of nitrogens with one attached hydrogen (secondary N) is 1. The molecule has 0 radical (unpaired) electrons. The van der Waals surface area contributed by atoms with Gasteiger partial charge in [-0.25, -0.2) is 14.8 Å². The number of urea groups is 1. The molecule has 0 aliphatic carbocycles. The predicted molar refractivity (Wildman–Crippen MR) is 76.3 cm³/mol. The standard InChI is InChI=1S/C15H16N4O/c1-11-3-2-4-13(7-11)18-15(20)19-6-5-14-12(9-19)8-16-10-17-14/h2-4,7-8,10H,5-6,9H2,1H3,(H,18,20). The van der Waals surface area contributed by atoms with Gasteiger partial charge >= 0.3 is 6.03 Å². The minimum absolute atomic E-state index is 0.0786. The molecule has 102 valence electrons. The molecule has 2 amide bonds. The molecule has 1 aliphatic rings. The monoisotopic (exact) mass is 268 g/mol. The first kappa shape index (κ1) is 12.6. The van der Waals surface area contributed by atoms with Gasteiger partial charge in [-0.3, -0.25) is 0 Å². The Kier molecular flexibility index (Phi) is 3.33. The Morgan fingerprint density at radius 1 is 1.40 bits per heavy atom. The number of aromatic nitrogens is 2. The van der Waals surface area contributed by atoms with E-state index in [1.165, 1.54) is 0 Å². The van der Waals surface area contributed by atoms with Crippen molar-refractivity contribution in [1.29, 1.82) is 0 Å². The van der Waals surface area contributed by atoms with Crippen LogP contribution in [0.25, 0.3) is 0 Å². The molecule has 0 fully saturated rings. The number of fused-ring (bicyclic) bond motifs is 1. The summed E-state index contributed by atoms with van der Waals surface area (Å²) in [5.41, 5.74) is 4.02. The van der Waals surface area contributed by atoms with Gasteiger partial charge < -0.3 is 10.2 Å². The van der Waals surface area contributed by atoms with Crippen LogP contribution < -0.4 is 5.32 Å². The maximum Gasteiger partial charge on any atom is 0.322 e. The van der Waals surface area contributed by atoms with Crippen molar-refractivity contribution in [3.63, 3.8) is 0 Å². The molecule has 0 unspecified atom stereocenters. The largest absolute Gasteiger partial charge is 0.322 e. The second kappa shape index (κ2) is 5.28. The predicted octanol–water partition coefficient (Wildman–Crippen LogP) is 2.38. The molecule has 1 aliphatic heterocycles. The lowest BCUT2D eigenvalue weighted by Crippen LogP contribution is -2.39. The van der Waals surface area contributed by atoms with E-state index in [1.54, 1.807) is 17.4 Å². The number of nitrogens with zero attached hydrogens (tertiary/aromatic N) is 3. The summed E-state index contributed by atoms with van der Waals surface area (Å²) in [7, 11) is 0. The van der Waals surface area contributed by atoms with E-state index in [1.807, 2.05) is 31.2 Å². The Bertz CT molecular complexity index is 641. The van der Waals surface area contributed by atoms with Crippen LogP contribution in [-0.4, -0.2) is 27.4 Å². The van der Waals surface area contributed by atoms with Gasteiger partial charge in [0.05, 0.1) is 12.2 Å². The third kappa shape index (κ3) is 2.61. The number of benzene rings is 1. The summed E-state index contributed by atoms with van der Waals surface area (Å²) in [4.78, 5) is 22.3. The van der Waals surface area contributed by atoms with Crippen molar-refractivity contribution in [1.82, 2.24) is 14.9 Å². The van der Waals surface area contributed by atoms with E-state index in [2.05, 4.69) is 15.3 Å². The molecule has 1 N–H and O–H groups in total. The lowest BCUT2D eigenvalue weighted by Gasteiger charge is -2.27. The lowest BCUT2D eigenvalue weighted by molar-refractivity contribution is 0.206. The molecule has 0 bridgehead atoms. The van der Waals surface area contributed by atoms with Crippen LogP contribution in [0.3, 0.4) is 0 Å². The number of aryl methyl sites for hydroxylation is 1. The van der Waals surface area contributed by atoms with Crippen molar-refractivity contribution < 1.29 is 4.79 Å². The zero-order valence-corrected chi connectivity index (χ0v) is 11.3. The van der Waals surface area contributed by atoms with E-state index in [4.69, 9.17) is 0 Å². The number of hydrogen-bond acceptors (Lipinski definition) is 3. The van der Waals surface area contributed by atoms with Crippen molar-refractivity contribution >= 4 is 11.7 Å². The molecule has 3 rings (SSSR count). The summed E-state index contributed by atoms with van der Waals surface area (Å²) in [6.45, 7) is 3.25. The van der Waals surface area contributed by atoms with Crippen molar-refractivity contribution in [2.24, 2.45) is 0 Å². The highest BCUT2D eigenvalue weighted by Crippen LogP contribution is 2.17. The average molecular weight is 268 g/mol. The minimum Gasteiger partial charge on any atom is -0.320 e. The molecule has 2 aromatic rings. The lowest BCUT2D eigenvalue weighted by atomic mass is 10.1. The maximum absolute atomic E-state index is 12.3. The van der Waals surface area contributed by atoms with E-state index >= 15 is 0 Å². The number of anilines is 1.